The fraction of sp³-hybridized carbons (Fsp3) is 0.312. The van der Waals surface area contributed by atoms with Gasteiger partial charge in [0.2, 0.25) is 5.82 Å². The van der Waals surface area contributed by atoms with Crippen molar-refractivity contribution in [3.8, 4) is 17.0 Å². The zero-order chi connectivity index (χ0) is 19.8. The maximum absolute atomic E-state index is 13.7. The molecule has 0 N–H and O–H groups in total. The van der Waals surface area contributed by atoms with Crippen molar-refractivity contribution in [2.75, 3.05) is 7.11 Å². The van der Waals surface area contributed by atoms with Crippen molar-refractivity contribution < 1.29 is 31.4 Å². The summed E-state index contributed by atoms with van der Waals surface area (Å²) in [7, 11) is 1.37. The quantitative estimate of drug-likeness (QED) is 0.620. The van der Waals surface area contributed by atoms with Crippen LogP contribution in [-0.4, -0.2) is 33.3 Å². The van der Waals surface area contributed by atoms with E-state index >= 15 is 0 Å². The topological polar surface area (TPSA) is 61.5 Å². The summed E-state index contributed by atoms with van der Waals surface area (Å²) in [6.07, 6.45) is -4.84. The molecule has 0 atom stereocenters. The number of hydrogen-bond acceptors (Lipinski definition) is 5. The van der Waals surface area contributed by atoms with E-state index in [0.717, 1.165) is 16.6 Å². The van der Waals surface area contributed by atoms with Crippen LogP contribution in [0.2, 0.25) is 0 Å². The first-order valence-electron chi connectivity index (χ1n) is 7.57. The molecule has 3 rings (SSSR count). The highest BCUT2D eigenvalue weighted by atomic mass is 19.4. The Bertz CT molecular complexity index is 966. The molecule has 1 aromatic carbocycles. The highest BCUT2D eigenvalue weighted by Crippen LogP contribution is 2.31. The zero-order valence-electron chi connectivity index (χ0n) is 14.1. The third-order valence-corrected chi connectivity index (χ3v) is 3.54. The van der Waals surface area contributed by atoms with Crippen LogP contribution in [-0.2, 0) is 17.3 Å². The Morgan fingerprint density at radius 2 is 1.78 bits per heavy atom. The van der Waals surface area contributed by atoms with Crippen LogP contribution in [0.4, 0.5) is 22.0 Å². The monoisotopic (exact) mass is 388 g/mol. The number of halogens is 5. The van der Waals surface area contributed by atoms with E-state index in [4.69, 9.17) is 4.74 Å². The van der Waals surface area contributed by atoms with Crippen molar-refractivity contribution in [3.05, 3.63) is 41.7 Å². The third-order valence-electron chi connectivity index (χ3n) is 3.54. The number of benzene rings is 1. The average molecular weight is 388 g/mol. The van der Waals surface area contributed by atoms with Gasteiger partial charge in [-0.3, -0.25) is 0 Å². The molecule has 0 saturated heterocycles. The number of rotatable bonds is 5. The van der Waals surface area contributed by atoms with Gasteiger partial charge in [-0.2, -0.15) is 18.4 Å². The van der Waals surface area contributed by atoms with Crippen molar-refractivity contribution in [3.63, 3.8) is 0 Å². The molecular formula is C16H13F5N4O2. The van der Waals surface area contributed by atoms with Gasteiger partial charge in [-0.1, -0.05) is 0 Å². The predicted molar refractivity (Wildman–Crippen MR) is 83.2 cm³/mol. The van der Waals surface area contributed by atoms with Gasteiger partial charge in [0.15, 0.2) is 5.65 Å². The lowest BCUT2D eigenvalue weighted by atomic mass is 10.0. The predicted octanol–water partition coefficient (Wildman–Crippen LogP) is 3.95. The van der Waals surface area contributed by atoms with Gasteiger partial charge in [0.1, 0.15) is 5.75 Å². The summed E-state index contributed by atoms with van der Waals surface area (Å²) in [6.45, 7) is 0.626. The fourth-order valence-corrected chi connectivity index (χ4v) is 2.50. The van der Waals surface area contributed by atoms with Gasteiger partial charge < -0.3 is 9.47 Å². The molecule has 2 heterocycles. The van der Waals surface area contributed by atoms with Crippen LogP contribution in [0, 0.1) is 0 Å². The van der Waals surface area contributed by atoms with Gasteiger partial charge in [0.05, 0.1) is 12.3 Å². The van der Waals surface area contributed by atoms with Gasteiger partial charge in [-0.25, -0.2) is 0 Å². The van der Waals surface area contributed by atoms with Crippen molar-refractivity contribution in [2.45, 2.75) is 25.8 Å². The summed E-state index contributed by atoms with van der Waals surface area (Å²) >= 11 is 0. The molecule has 0 unspecified atom stereocenters. The van der Waals surface area contributed by atoms with Gasteiger partial charge >= 0.3 is 12.3 Å². The van der Waals surface area contributed by atoms with Crippen LogP contribution in [0.5, 0.6) is 5.75 Å². The summed E-state index contributed by atoms with van der Waals surface area (Å²) in [4.78, 5) is 0. The summed E-state index contributed by atoms with van der Waals surface area (Å²) < 4.78 is 74.4. The standard InChI is InChI=1S/C16H13F5N4O2/c1-15(17,18)14-23-22-13-6-5-12(24-25(13)14)11-4-3-10(27-16(19,20)21)7-9(11)8-26-2/h3-7H,8H2,1-2H3. The van der Waals surface area contributed by atoms with E-state index < -0.39 is 23.9 Å². The Hall–Kier alpha value is -2.82. The number of nitrogens with zero attached hydrogens (tertiary/aromatic N) is 4. The van der Waals surface area contributed by atoms with Crippen molar-refractivity contribution in [1.82, 2.24) is 19.8 Å². The zero-order valence-corrected chi connectivity index (χ0v) is 14.1. The third kappa shape index (κ3) is 4.13. The first-order chi connectivity index (χ1) is 12.6. The summed E-state index contributed by atoms with van der Waals surface area (Å²) in [5.41, 5.74) is 1.08. The molecule has 3 aromatic rings. The Kier molecular flexibility index (Phi) is 4.72. The molecule has 0 aliphatic carbocycles. The molecule has 0 saturated carbocycles. The van der Waals surface area contributed by atoms with Gasteiger partial charge in [0.25, 0.3) is 0 Å². The molecule has 0 bridgehead atoms. The lowest BCUT2D eigenvalue weighted by Crippen LogP contribution is -2.17. The smallest absolute Gasteiger partial charge is 0.406 e. The van der Waals surface area contributed by atoms with Gasteiger partial charge in [-0.15, -0.1) is 23.4 Å². The second kappa shape index (κ2) is 6.72. The Balaban J connectivity index is 2.09. The van der Waals surface area contributed by atoms with Crippen LogP contribution in [0.3, 0.4) is 0 Å². The highest BCUT2D eigenvalue weighted by Gasteiger charge is 2.32. The Labute approximate surface area is 149 Å². The molecule has 0 radical (unpaired) electrons. The van der Waals surface area contributed by atoms with E-state index in [1.54, 1.807) is 0 Å². The van der Waals surface area contributed by atoms with Crippen LogP contribution in [0.25, 0.3) is 16.9 Å². The molecule has 0 amide bonds. The van der Waals surface area contributed by atoms with Crippen LogP contribution >= 0.6 is 0 Å². The van der Waals surface area contributed by atoms with E-state index in [2.05, 4.69) is 20.0 Å². The van der Waals surface area contributed by atoms with E-state index in [9.17, 15) is 22.0 Å². The fourth-order valence-electron chi connectivity index (χ4n) is 2.50. The number of alkyl halides is 5. The molecule has 27 heavy (non-hydrogen) atoms. The van der Waals surface area contributed by atoms with Gasteiger partial charge in [0, 0.05) is 19.6 Å². The second-order valence-electron chi connectivity index (χ2n) is 5.70. The number of ether oxygens (including phenoxy) is 2. The SMILES string of the molecule is COCc1cc(OC(F)(F)F)ccc1-c1ccc2nnc(C(C)(F)F)n2n1. The largest absolute Gasteiger partial charge is 0.573 e. The maximum Gasteiger partial charge on any atom is 0.573 e. The minimum Gasteiger partial charge on any atom is -0.406 e. The average Bonchev–Trinajstić information content (AvgIpc) is 2.97. The Morgan fingerprint density at radius 3 is 2.41 bits per heavy atom. The normalized spacial score (nSPS) is 12.6. The van der Waals surface area contributed by atoms with Crippen LogP contribution < -0.4 is 4.74 Å². The number of aromatic nitrogens is 4. The van der Waals surface area contributed by atoms with Crippen molar-refractivity contribution in [2.24, 2.45) is 0 Å². The van der Waals surface area contributed by atoms with Crippen molar-refractivity contribution in [1.29, 1.82) is 0 Å². The van der Waals surface area contributed by atoms with E-state index in [0.29, 0.717) is 18.1 Å². The van der Waals surface area contributed by atoms with E-state index in [-0.39, 0.29) is 17.9 Å². The molecular weight excluding hydrogens is 375 g/mol. The highest BCUT2D eigenvalue weighted by molar-refractivity contribution is 5.65. The van der Waals surface area contributed by atoms with E-state index in [1.807, 2.05) is 0 Å². The first-order valence-corrected chi connectivity index (χ1v) is 7.57. The Morgan fingerprint density at radius 1 is 1.04 bits per heavy atom. The molecule has 0 spiro atoms. The van der Waals surface area contributed by atoms with E-state index in [1.165, 1.54) is 25.3 Å². The summed E-state index contributed by atoms with van der Waals surface area (Å²) in [5.74, 6) is -4.35. The molecule has 0 aliphatic rings. The number of methoxy groups -OCH3 is 1. The molecule has 2 aromatic heterocycles. The lowest BCUT2D eigenvalue weighted by Gasteiger charge is -2.14. The molecule has 11 heteroatoms. The molecule has 0 aliphatic heterocycles. The molecule has 0 fully saturated rings. The summed E-state index contributed by atoms with van der Waals surface area (Å²) in [6, 6.07) is 6.54. The molecule has 6 nitrogen and oxygen atoms in total. The minimum atomic E-state index is -4.84. The number of fused-ring (bicyclic) bond motifs is 1. The van der Waals surface area contributed by atoms with Crippen LogP contribution in [0.1, 0.15) is 18.3 Å². The second-order valence-corrected chi connectivity index (χ2v) is 5.70. The van der Waals surface area contributed by atoms with Crippen LogP contribution in [0.15, 0.2) is 30.3 Å². The maximum atomic E-state index is 13.7. The minimum absolute atomic E-state index is 0.0386. The van der Waals surface area contributed by atoms with Gasteiger partial charge in [-0.05, 0) is 35.9 Å². The first kappa shape index (κ1) is 19.0. The van der Waals surface area contributed by atoms with Crippen molar-refractivity contribution >= 4 is 5.65 Å². The number of hydrogen-bond donors (Lipinski definition) is 0. The molecule has 144 valence electrons. The summed E-state index contributed by atoms with van der Waals surface area (Å²) in [5, 5.41) is 11.2. The lowest BCUT2D eigenvalue weighted by molar-refractivity contribution is -0.274.